The molecule has 2 aromatic rings. The Bertz CT molecular complexity index is 815. The Balaban J connectivity index is 2.65. The van der Waals surface area contributed by atoms with Crippen LogP contribution in [0.5, 0.6) is 5.75 Å². The highest BCUT2D eigenvalue weighted by Crippen LogP contribution is 2.30. The predicted octanol–water partition coefficient (Wildman–Crippen LogP) is 2.78. The zero-order valence-corrected chi connectivity index (χ0v) is 13.3. The molecule has 2 rings (SSSR count). The van der Waals surface area contributed by atoms with E-state index in [1.54, 1.807) is 19.9 Å². The van der Waals surface area contributed by atoms with Crippen molar-refractivity contribution in [2.75, 3.05) is 12.8 Å². The second kappa shape index (κ2) is 6.58. The third-order valence-electron chi connectivity index (χ3n) is 3.16. The van der Waals surface area contributed by atoms with Crippen LogP contribution in [0, 0.1) is 23.0 Å². The number of ether oxygens (including phenoxy) is 2. The first-order valence-electron chi connectivity index (χ1n) is 6.95. The molecule has 0 aliphatic carbocycles. The molecule has 0 amide bonds. The molecule has 1 aromatic heterocycles. The molecule has 0 saturated heterocycles. The van der Waals surface area contributed by atoms with Crippen molar-refractivity contribution in [2.45, 2.75) is 20.0 Å². The number of nitrogens with two attached hydrogens (primary N) is 1. The smallest absolute Gasteiger partial charge is 0.357 e. The van der Waals surface area contributed by atoms with Crippen LogP contribution in [-0.2, 0) is 4.74 Å². The van der Waals surface area contributed by atoms with Gasteiger partial charge in [0.25, 0.3) is 0 Å². The molecule has 24 heavy (non-hydrogen) atoms. The van der Waals surface area contributed by atoms with Crippen molar-refractivity contribution < 1.29 is 23.0 Å². The number of nitrogens with zero attached hydrogens (tertiary/aromatic N) is 2. The van der Waals surface area contributed by atoms with Gasteiger partial charge in [0, 0.05) is 18.3 Å². The minimum absolute atomic E-state index is 0.0151. The molecule has 0 unspecified atom stereocenters. The molecule has 0 atom stereocenters. The summed E-state index contributed by atoms with van der Waals surface area (Å²) in [5.41, 5.74) is 5.38. The highest BCUT2D eigenvalue weighted by Gasteiger charge is 2.23. The molecule has 6 nitrogen and oxygen atoms in total. The van der Waals surface area contributed by atoms with Crippen LogP contribution in [0.4, 0.5) is 14.5 Å². The zero-order chi connectivity index (χ0) is 18.0. The second-order valence-electron chi connectivity index (χ2n) is 5.18. The molecule has 8 heteroatoms. The van der Waals surface area contributed by atoms with Gasteiger partial charge in [0.1, 0.15) is 6.07 Å². The van der Waals surface area contributed by atoms with Crippen LogP contribution in [0.2, 0.25) is 0 Å². The third-order valence-corrected chi connectivity index (χ3v) is 3.16. The molecule has 0 bridgehead atoms. The maximum atomic E-state index is 14.2. The maximum Gasteiger partial charge on any atom is 0.357 e. The fraction of sp³-hybridized carbons (Fsp3) is 0.250. The Morgan fingerprint density at radius 3 is 2.38 bits per heavy atom. The van der Waals surface area contributed by atoms with Crippen molar-refractivity contribution in [3.05, 3.63) is 41.2 Å². The zero-order valence-electron chi connectivity index (χ0n) is 13.3. The van der Waals surface area contributed by atoms with Crippen molar-refractivity contribution in [1.29, 1.82) is 5.26 Å². The number of anilines is 1. The van der Waals surface area contributed by atoms with Gasteiger partial charge in [-0.25, -0.2) is 13.6 Å². The minimum atomic E-state index is -0.944. The van der Waals surface area contributed by atoms with Gasteiger partial charge >= 0.3 is 5.97 Å². The Labute approximate surface area is 137 Å². The van der Waals surface area contributed by atoms with Crippen molar-refractivity contribution in [3.63, 3.8) is 0 Å². The largest absolute Gasteiger partial charge is 0.485 e. The summed E-state index contributed by atoms with van der Waals surface area (Å²) in [7, 11) is 1.13. The van der Waals surface area contributed by atoms with Gasteiger partial charge in [-0.1, -0.05) is 0 Å². The molecule has 126 valence electrons. The van der Waals surface area contributed by atoms with E-state index in [1.165, 1.54) is 6.20 Å². The van der Waals surface area contributed by atoms with Crippen LogP contribution in [-0.4, -0.2) is 23.8 Å². The lowest BCUT2D eigenvalue weighted by Crippen LogP contribution is -2.12. The number of rotatable bonds is 4. The fourth-order valence-corrected chi connectivity index (χ4v) is 2.15. The van der Waals surface area contributed by atoms with Crippen molar-refractivity contribution in [1.82, 2.24) is 4.57 Å². The number of esters is 1. The summed E-state index contributed by atoms with van der Waals surface area (Å²) in [5.74, 6) is -3.24. The lowest BCUT2D eigenvalue weighted by Gasteiger charge is -2.14. The molecule has 0 fully saturated rings. The normalized spacial score (nSPS) is 10.5. The van der Waals surface area contributed by atoms with Gasteiger partial charge in [-0.15, -0.1) is 0 Å². The average Bonchev–Trinajstić information content (AvgIpc) is 2.86. The molecule has 2 N–H and O–H groups in total. The summed E-state index contributed by atoms with van der Waals surface area (Å²) in [6, 6.07) is 3.77. The second-order valence-corrected chi connectivity index (χ2v) is 5.18. The molecule has 0 spiro atoms. The standard InChI is InChI=1S/C16H15F2N3O3/c1-8(2)24-15-11(17)4-10(5-12(15)18)21-7-9(6-19)13(20)14(21)16(22)23-3/h4-5,7-8H,20H2,1-3H3. The third kappa shape index (κ3) is 3.01. The van der Waals surface area contributed by atoms with Crippen LogP contribution in [0.3, 0.4) is 0 Å². The summed E-state index contributed by atoms with van der Waals surface area (Å²) in [5, 5.41) is 9.05. The number of methoxy groups -OCH3 is 1. The first-order valence-corrected chi connectivity index (χ1v) is 6.95. The van der Waals surface area contributed by atoms with Gasteiger partial charge in [-0.05, 0) is 13.8 Å². The summed E-state index contributed by atoms with van der Waals surface area (Å²) in [6.07, 6.45) is 0.789. The summed E-state index contributed by atoms with van der Waals surface area (Å²) in [6.45, 7) is 3.27. The number of hydrogen-bond donors (Lipinski definition) is 1. The quantitative estimate of drug-likeness (QED) is 0.868. The van der Waals surface area contributed by atoms with Gasteiger partial charge in [-0.2, -0.15) is 5.26 Å². The molecular weight excluding hydrogens is 320 g/mol. The minimum Gasteiger partial charge on any atom is -0.485 e. The fourth-order valence-electron chi connectivity index (χ4n) is 2.15. The van der Waals surface area contributed by atoms with Gasteiger partial charge in [0.05, 0.1) is 30.2 Å². The lowest BCUT2D eigenvalue weighted by molar-refractivity contribution is 0.0593. The van der Waals surface area contributed by atoms with E-state index >= 15 is 0 Å². The number of nitrogen functional groups attached to an aromatic ring is 1. The summed E-state index contributed by atoms with van der Waals surface area (Å²) >= 11 is 0. The first-order chi connectivity index (χ1) is 11.3. The topological polar surface area (TPSA) is 90.3 Å². The Kier molecular flexibility index (Phi) is 4.74. The number of aromatic nitrogens is 1. The number of carbonyl (C=O) groups is 1. The molecule has 1 aromatic carbocycles. The van der Waals surface area contributed by atoms with Crippen LogP contribution in [0.1, 0.15) is 29.9 Å². The molecule has 0 saturated carbocycles. The number of nitriles is 1. The van der Waals surface area contributed by atoms with Crippen molar-refractivity contribution in [3.8, 4) is 17.5 Å². The number of carbonyl (C=O) groups excluding carboxylic acids is 1. The molecular formula is C16H15F2N3O3. The number of benzene rings is 1. The highest BCUT2D eigenvalue weighted by molar-refractivity contribution is 5.95. The van der Waals surface area contributed by atoms with E-state index in [2.05, 4.69) is 4.74 Å². The van der Waals surface area contributed by atoms with Gasteiger partial charge in [-0.3, -0.25) is 0 Å². The molecule has 0 radical (unpaired) electrons. The van der Waals surface area contributed by atoms with Crippen LogP contribution in [0.25, 0.3) is 5.69 Å². The first kappa shape index (κ1) is 17.3. The van der Waals surface area contributed by atoms with Gasteiger partial charge < -0.3 is 19.8 Å². The van der Waals surface area contributed by atoms with Gasteiger partial charge in [0.15, 0.2) is 23.1 Å². The summed E-state index contributed by atoms with van der Waals surface area (Å²) in [4.78, 5) is 11.9. The Morgan fingerprint density at radius 2 is 1.92 bits per heavy atom. The van der Waals surface area contributed by atoms with E-state index in [-0.39, 0.29) is 22.6 Å². The molecule has 0 aliphatic heterocycles. The Hall–Kier alpha value is -3.08. The van der Waals surface area contributed by atoms with Crippen LogP contribution >= 0.6 is 0 Å². The van der Waals surface area contributed by atoms with Crippen LogP contribution < -0.4 is 10.5 Å². The van der Waals surface area contributed by atoms with E-state index in [9.17, 15) is 13.6 Å². The van der Waals surface area contributed by atoms with E-state index in [0.29, 0.717) is 0 Å². The maximum absolute atomic E-state index is 14.2. The van der Waals surface area contributed by atoms with Crippen molar-refractivity contribution in [2.24, 2.45) is 0 Å². The van der Waals surface area contributed by atoms with Crippen molar-refractivity contribution >= 4 is 11.7 Å². The Morgan fingerprint density at radius 1 is 1.33 bits per heavy atom. The predicted molar refractivity (Wildman–Crippen MR) is 81.9 cm³/mol. The monoisotopic (exact) mass is 335 g/mol. The van der Waals surface area contributed by atoms with E-state index in [1.807, 2.05) is 0 Å². The number of halogens is 2. The highest BCUT2D eigenvalue weighted by atomic mass is 19.1. The summed E-state index contributed by atoms with van der Waals surface area (Å²) < 4.78 is 39.1. The lowest BCUT2D eigenvalue weighted by atomic mass is 10.2. The van der Waals surface area contributed by atoms with E-state index in [4.69, 9.17) is 15.7 Å². The van der Waals surface area contributed by atoms with E-state index < -0.39 is 29.5 Å². The van der Waals surface area contributed by atoms with Gasteiger partial charge in [0.2, 0.25) is 0 Å². The molecule has 1 heterocycles. The van der Waals surface area contributed by atoms with E-state index in [0.717, 1.165) is 23.8 Å². The van der Waals surface area contributed by atoms with Crippen LogP contribution in [0.15, 0.2) is 18.3 Å². The molecule has 0 aliphatic rings. The SMILES string of the molecule is COC(=O)c1c(N)c(C#N)cn1-c1cc(F)c(OC(C)C)c(F)c1. The number of hydrogen-bond acceptors (Lipinski definition) is 5. The average molecular weight is 335 g/mol.